The number of piperidine rings is 2. The van der Waals surface area contributed by atoms with Crippen molar-refractivity contribution in [3.05, 3.63) is 76.9 Å². The molecule has 39 heavy (non-hydrogen) atoms. The summed E-state index contributed by atoms with van der Waals surface area (Å²) in [6.45, 7) is 10.4. The van der Waals surface area contributed by atoms with Gasteiger partial charge in [-0.3, -0.25) is 29.5 Å². The summed E-state index contributed by atoms with van der Waals surface area (Å²) < 4.78 is 0. The molecule has 0 aliphatic carbocycles. The number of nitrogens with one attached hydrogen (secondary N) is 1. The van der Waals surface area contributed by atoms with Crippen molar-refractivity contribution in [1.82, 2.24) is 10.2 Å². The van der Waals surface area contributed by atoms with Crippen molar-refractivity contribution in [2.24, 2.45) is 11.3 Å². The Kier molecular flexibility index (Phi) is 6.54. The van der Waals surface area contributed by atoms with Crippen LogP contribution >= 0.6 is 0 Å². The van der Waals surface area contributed by atoms with Gasteiger partial charge in [-0.1, -0.05) is 63.2 Å². The fraction of sp³-hybridized carbons (Fsp3) is 0.424. The molecule has 1 unspecified atom stereocenters. The Morgan fingerprint density at radius 1 is 0.872 bits per heavy atom. The van der Waals surface area contributed by atoms with E-state index in [1.54, 1.807) is 4.90 Å². The fourth-order valence-corrected chi connectivity index (χ4v) is 6.66. The molecule has 3 aliphatic rings. The average Bonchev–Trinajstić information content (AvgIpc) is 3.19. The third-order valence-electron chi connectivity index (χ3n) is 8.98. The van der Waals surface area contributed by atoms with Crippen molar-refractivity contribution < 1.29 is 14.4 Å². The second kappa shape index (κ2) is 9.91. The van der Waals surface area contributed by atoms with Crippen LogP contribution in [0.1, 0.15) is 73.5 Å². The number of rotatable bonds is 5. The second-order valence-electron chi connectivity index (χ2n) is 12.5. The topological polar surface area (TPSA) is 69.7 Å². The first-order valence-electron chi connectivity index (χ1n) is 14.2. The number of nitrogens with zero attached hydrogens (tertiary/aromatic N) is 2. The first-order valence-corrected chi connectivity index (χ1v) is 14.2. The number of benzene rings is 3. The highest BCUT2D eigenvalue weighted by Gasteiger charge is 2.40. The van der Waals surface area contributed by atoms with E-state index in [1.807, 2.05) is 18.2 Å². The van der Waals surface area contributed by atoms with Gasteiger partial charge in [0.25, 0.3) is 5.91 Å². The van der Waals surface area contributed by atoms with Crippen molar-refractivity contribution in [2.75, 3.05) is 18.0 Å². The number of amides is 3. The summed E-state index contributed by atoms with van der Waals surface area (Å²) in [7, 11) is 0. The first kappa shape index (κ1) is 25.8. The summed E-state index contributed by atoms with van der Waals surface area (Å²) in [4.78, 5) is 41.8. The Balaban J connectivity index is 1.19. The molecule has 6 nitrogen and oxygen atoms in total. The van der Waals surface area contributed by atoms with E-state index >= 15 is 0 Å². The summed E-state index contributed by atoms with van der Waals surface area (Å²) in [5.74, 6) is -0.0428. The molecule has 0 saturated carbocycles. The largest absolute Gasteiger partial charge is 0.299 e. The molecule has 6 heteroatoms. The Labute approximate surface area is 230 Å². The normalized spacial score (nSPS) is 20.6. The van der Waals surface area contributed by atoms with Crippen LogP contribution < -0.4 is 10.2 Å². The quantitative estimate of drug-likeness (QED) is 0.451. The van der Waals surface area contributed by atoms with Crippen LogP contribution in [0.2, 0.25) is 0 Å². The summed E-state index contributed by atoms with van der Waals surface area (Å²) in [6, 6.07) is 18.1. The van der Waals surface area contributed by atoms with Crippen LogP contribution in [-0.2, 0) is 22.6 Å². The van der Waals surface area contributed by atoms with Crippen LogP contribution in [0.3, 0.4) is 0 Å². The minimum absolute atomic E-state index is 0.168. The van der Waals surface area contributed by atoms with E-state index in [1.165, 1.54) is 37.1 Å². The summed E-state index contributed by atoms with van der Waals surface area (Å²) in [5.41, 5.74) is 5.52. The van der Waals surface area contributed by atoms with Gasteiger partial charge in [0.05, 0.1) is 5.69 Å². The molecule has 3 aliphatic heterocycles. The molecule has 2 fully saturated rings. The molecule has 6 rings (SSSR count). The van der Waals surface area contributed by atoms with Gasteiger partial charge >= 0.3 is 0 Å². The monoisotopic (exact) mass is 523 g/mol. The first-order chi connectivity index (χ1) is 18.7. The van der Waals surface area contributed by atoms with E-state index in [0.29, 0.717) is 17.4 Å². The number of hydrogen-bond acceptors (Lipinski definition) is 4. The molecule has 1 N–H and O–H groups in total. The minimum Gasteiger partial charge on any atom is -0.299 e. The zero-order valence-corrected chi connectivity index (χ0v) is 23.1. The smallest absolute Gasteiger partial charge is 0.259 e. The van der Waals surface area contributed by atoms with Crippen molar-refractivity contribution in [3.8, 4) is 0 Å². The molecule has 3 aromatic carbocycles. The summed E-state index contributed by atoms with van der Waals surface area (Å²) in [6.07, 6.45) is 3.90. The molecule has 2 saturated heterocycles. The van der Waals surface area contributed by atoms with Gasteiger partial charge in [-0.25, -0.2) is 0 Å². The molecule has 0 bridgehead atoms. The third-order valence-corrected chi connectivity index (χ3v) is 8.98. The maximum absolute atomic E-state index is 13.4. The van der Waals surface area contributed by atoms with Crippen LogP contribution in [0.4, 0.5) is 5.69 Å². The van der Waals surface area contributed by atoms with Crippen molar-refractivity contribution in [1.29, 1.82) is 0 Å². The molecule has 0 aromatic heterocycles. The maximum Gasteiger partial charge on any atom is 0.259 e. The van der Waals surface area contributed by atoms with Gasteiger partial charge in [-0.05, 0) is 84.3 Å². The van der Waals surface area contributed by atoms with Crippen LogP contribution in [0.5, 0.6) is 0 Å². The third kappa shape index (κ3) is 4.87. The number of carbonyl (C=O) groups is 3. The van der Waals surface area contributed by atoms with Gasteiger partial charge in [-0.2, -0.15) is 0 Å². The summed E-state index contributed by atoms with van der Waals surface area (Å²) in [5, 5.41) is 4.34. The maximum atomic E-state index is 13.4. The van der Waals surface area contributed by atoms with E-state index < -0.39 is 11.9 Å². The molecule has 3 aromatic rings. The lowest BCUT2D eigenvalue weighted by Crippen LogP contribution is -2.53. The molecule has 0 radical (unpaired) electrons. The average molecular weight is 524 g/mol. The van der Waals surface area contributed by atoms with Crippen molar-refractivity contribution in [3.63, 3.8) is 0 Å². The lowest BCUT2D eigenvalue weighted by molar-refractivity contribution is -0.134. The SMILES string of the molecule is CC(C)(C)C1CCN(Cc2ccc(Cc3ccc4c5c(cccc35)C(=O)N4C3CCC(=O)NC3=O)cc2)CC1. The zero-order valence-electron chi connectivity index (χ0n) is 23.1. The van der Waals surface area contributed by atoms with Gasteiger partial charge in [0.15, 0.2) is 0 Å². The number of carbonyl (C=O) groups excluding carboxylic acids is 3. The predicted octanol–water partition coefficient (Wildman–Crippen LogP) is 5.45. The summed E-state index contributed by atoms with van der Waals surface area (Å²) >= 11 is 0. The number of hydrogen-bond donors (Lipinski definition) is 1. The Hall–Kier alpha value is -3.51. The van der Waals surface area contributed by atoms with Crippen LogP contribution in [0.25, 0.3) is 10.8 Å². The standard InChI is InChI=1S/C33H37N3O3/c1-33(2,3)24-15-17-35(18-16-24)20-22-9-7-21(8-10-22)19-23-11-12-27-30-25(23)5-4-6-26(30)32(39)36(27)28-13-14-29(37)34-31(28)38/h4-12,24,28H,13-20H2,1-3H3,(H,34,37,38). The van der Waals surface area contributed by atoms with E-state index in [0.717, 1.165) is 40.9 Å². The number of imide groups is 1. The van der Waals surface area contributed by atoms with E-state index in [9.17, 15) is 14.4 Å². The highest BCUT2D eigenvalue weighted by atomic mass is 16.2. The van der Waals surface area contributed by atoms with Crippen LogP contribution in [0.15, 0.2) is 54.6 Å². The molecule has 202 valence electrons. The highest BCUT2D eigenvalue weighted by Crippen LogP contribution is 2.41. The number of likely N-dealkylation sites (tertiary alicyclic amines) is 1. The Bertz CT molecular complexity index is 1450. The molecule has 3 amide bonds. The fourth-order valence-electron chi connectivity index (χ4n) is 6.66. The molecule has 3 heterocycles. The van der Waals surface area contributed by atoms with Gasteiger partial charge in [0, 0.05) is 23.9 Å². The van der Waals surface area contributed by atoms with Gasteiger partial charge in [0.2, 0.25) is 11.8 Å². The van der Waals surface area contributed by atoms with Crippen LogP contribution in [-0.4, -0.2) is 41.8 Å². The van der Waals surface area contributed by atoms with Gasteiger partial charge in [-0.15, -0.1) is 0 Å². The molecular formula is C33H37N3O3. The lowest BCUT2D eigenvalue weighted by Gasteiger charge is -2.38. The Morgan fingerprint density at radius 3 is 2.28 bits per heavy atom. The molecule has 0 spiro atoms. The predicted molar refractivity (Wildman–Crippen MR) is 154 cm³/mol. The van der Waals surface area contributed by atoms with Crippen molar-refractivity contribution in [2.45, 2.75) is 65.5 Å². The van der Waals surface area contributed by atoms with Gasteiger partial charge < -0.3 is 0 Å². The van der Waals surface area contributed by atoms with Crippen LogP contribution in [0, 0.1) is 11.3 Å². The Morgan fingerprint density at radius 2 is 1.59 bits per heavy atom. The van der Waals surface area contributed by atoms with E-state index in [-0.39, 0.29) is 18.2 Å². The molecular weight excluding hydrogens is 486 g/mol. The zero-order chi connectivity index (χ0) is 27.3. The van der Waals surface area contributed by atoms with E-state index in [2.05, 4.69) is 67.4 Å². The highest BCUT2D eigenvalue weighted by molar-refractivity contribution is 6.27. The minimum atomic E-state index is -0.663. The molecule has 1 atom stereocenters. The van der Waals surface area contributed by atoms with E-state index in [4.69, 9.17) is 0 Å². The number of anilines is 1. The van der Waals surface area contributed by atoms with Gasteiger partial charge in [0.1, 0.15) is 6.04 Å². The van der Waals surface area contributed by atoms with Crippen molar-refractivity contribution >= 4 is 34.2 Å². The second-order valence-corrected chi connectivity index (χ2v) is 12.5. The lowest BCUT2D eigenvalue weighted by atomic mass is 9.75.